The van der Waals surface area contributed by atoms with Crippen LogP contribution >= 0.6 is 0 Å². The molecule has 110 valence electrons. The summed E-state index contributed by atoms with van der Waals surface area (Å²) in [7, 11) is -3.25. The maximum atomic E-state index is 11.7. The van der Waals surface area contributed by atoms with E-state index in [4.69, 9.17) is 0 Å². The highest BCUT2D eigenvalue weighted by Gasteiger charge is 2.12. The summed E-state index contributed by atoms with van der Waals surface area (Å²) in [4.78, 5) is 0. The maximum Gasteiger partial charge on any atom is 0.232 e. The lowest BCUT2D eigenvalue weighted by Gasteiger charge is -2.07. The molecule has 21 heavy (non-hydrogen) atoms. The molecule has 1 aromatic heterocycles. The number of aromatic nitrogens is 1. The van der Waals surface area contributed by atoms with Crippen LogP contribution in [0, 0.1) is 0 Å². The molecule has 4 nitrogen and oxygen atoms in total. The predicted molar refractivity (Wildman–Crippen MR) is 88.2 cm³/mol. The van der Waals surface area contributed by atoms with Gasteiger partial charge in [-0.15, -0.1) is 0 Å². The molecule has 2 aromatic carbocycles. The third kappa shape index (κ3) is 2.38. The van der Waals surface area contributed by atoms with E-state index >= 15 is 0 Å². The Bertz CT molecular complexity index is 911. The Balaban J connectivity index is 2.24. The number of fused-ring (bicyclic) bond motifs is 3. The van der Waals surface area contributed by atoms with Crippen molar-refractivity contribution in [2.75, 3.05) is 10.5 Å². The van der Waals surface area contributed by atoms with E-state index in [1.807, 2.05) is 30.3 Å². The molecular weight excluding hydrogens is 284 g/mol. The smallest absolute Gasteiger partial charge is 0.232 e. The predicted octanol–water partition coefficient (Wildman–Crippen LogP) is 3.58. The van der Waals surface area contributed by atoms with Crippen LogP contribution in [0.4, 0.5) is 5.69 Å². The summed E-state index contributed by atoms with van der Waals surface area (Å²) in [6.07, 6.45) is 0. The summed E-state index contributed by atoms with van der Waals surface area (Å²) in [5.74, 6) is 0.0712. The minimum atomic E-state index is -3.25. The molecule has 0 unspecified atom stereocenters. The number of anilines is 1. The summed E-state index contributed by atoms with van der Waals surface area (Å²) in [5, 5.41) is 2.22. The lowest BCUT2D eigenvalue weighted by atomic mass is 10.1. The Morgan fingerprint density at radius 2 is 1.71 bits per heavy atom. The van der Waals surface area contributed by atoms with Crippen LogP contribution in [-0.2, 0) is 16.6 Å². The second kappa shape index (κ2) is 5.07. The van der Waals surface area contributed by atoms with Gasteiger partial charge in [0, 0.05) is 34.0 Å². The quantitative estimate of drug-likeness (QED) is 0.801. The van der Waals surface area contributed by atoms with E-state index in [1.165, 1.54) is 5.52 Å². The zero-order chi connectivity index (χ0) is 15.0. The van der Waals surface area contributed by atoms with E-state index in [2.05, 4.69) is 28.3 Å². The van der Waals surface area contributed by atoms with E-state index in [-0.39, 0.29) is 5.75 Å². The number of nitrogens with one attached hydrogen (secondary N) is 1. The summed E-state index contributed by atoms with van der Waals surface area (Å²) in [6.45, 7) is 4.62. The molecule has 5 heteroatoms. The molecule has 3 rings (SSSR count). The summed E-state index contributed by atoms with van der Waals surface area (Å²) < 4.78 is 28.3. The van der Waals surface area contributed by atoms with Gasteiger partial charge in [0.05, 0.1) is 5.75 Å². The van der Waals surface area contributed by atoms with Crippen LogP contribution in [0.2, 0.25) is 0 Å². The van der Waals surface area contributed by atoms with E-state index < -0.39 is 10.0 Å². The molecule has 0 aliphatic carbocycles. The fraction of sp³-hybridized carbons (Fsp3) is 0.250. The lowest BCUT2D eigenvalue weighted by molar-refractivity contribution is 0.602. The molecule has 3 aromatic rings. The third-order valence-electron chi connectivity index (χ3n) is 3.74. The SMILES string of the molecule is CCn1c2ccccc2c2cc(NS(=O)(=O)CC)ccc21. The van der Waals surface area contributed by atoms with Gasteiger partial charge in [-0.2, -0.15) is 0 Å². The van der Waals surface area contributed by atoms with Crippen LogP contribution in [0.3, 0.4) is 0 Å². The van der Waals surface area contributed by atoms with Gasteiger partial charge < -0.3 is 4.57 Å². The molecule has 0 spiro atoms. The van der Waals surface area contributed by atoms with Gasteiger partial charge in [-0.25, -0.2) is 8.42 Å². The molecule has 1 N–H and O–H groups in total. The van der Waals surface area contributed by atoms with Crippen molar-refractivity contribution in [3.63, 3.8) is 0 Å². The number of sulfonamides is 1. The standard InChI is InChI=1S/C16H18N2O2S/c1-3-18-15-8-6-5-7-13(15)14-11-12(9-10-16(14)18)17-21(19,20)4-2/h5-11,17H,3-4H2,1-2H3. The van der Waals surface area contributed by atoms with Gasteiger partial charge in [-0.1, -0.05) is 18.2 Å². The van der Waals surface area contributed by atoms with Gasteiger partial charge in [-0.3, -0.25) is 4.72 Å². The average molecular weight is 302 g/mol. The van der Waals surface area contributed by atoms with E-state index in [0.29, 0.717) is 5.69 Å². The van der Waals surface area contributed by atoms with Crippen molar-refractivity contribution >= 4 is 37.5 Å². The van der Waals surface area contributed by atoms with E-state index in [1.54, 1.807) is 6.92 Å². The fourth-order valence-electron chi connectivity index (χ4n) is 2.71. The van der Waals surface area contributed by atoms with Gasteiger partial charge in [-0.05, 0) is 38.1 Å². The van der Waals surface area contributed by atoms with Crippen molar-refractivity contribution < 1.29 is 8.42 Å². The van der Waals surface area contributed by atoms with Crippen molar-refractivity contribution in [2.24, 2.45) is 0 Å². The molecule has 0 atom stereocenters. The Labute approximate surface area is 124 Å². The Hall–Kier alpha value is -2.01. The highest BCUT2D eigenvalue weighted by atomic mass is 32.2. The molecule has 0 aliphatic heterocycles. The van der Waals surface area contributed by atoms with Crippen LogP contribution in [0.1, 0.15) is 13.8 Å². The molecule has 0 bridgehead atoms. The van der Waals surface area contributed by atoms with Crippen molar-refractivity contribution in [1.29, 1.82) is 0 Å². The number of rotatable bonds is 4. The van der Waals surface area contributed by atoms with Crippen LogP contribution in [0.5, 0.6) is 0 Å². The molecule has 0 saturated carbocycles. The largest absolute Gasteiger partial charge is 0.341 e. The molecule has 0 fully saturated rings. The third-order valence-corrected chi connectivity index (χ3v) is 5.05. The van der Waals surface area contributed by atoms with Crippen LogP contribution in [-0.4, -0.2) is 18.7 Å². The molecule has 1 heterocycles. The number of hydrogen-bond acceptors (Lipinski definition) is 2. The second-order valence-electron chi connectivity index (χ2n) is 5.00. The van der Waals surface area contributed by atoms with Gasteiger partial charge >= 0.3 is 0 Å². The first-order valence-corrected chi connectivity index (χ1v) is 8.72. The first kappa shape index (κ1) is 13.9. The first-order chi connectivity index (χ1) is 10.1. The molecule has 0 radical (unpaired) electrons. The monoisotopic (exact) mass is 302 g/mol. The number of benzene rings is 2. The van der Waals surface area contributed by atoms with Gasteiger partial charge in [0.2, 0.25) is 10.0 Å². The van der Waals surface area contributed by atoms with Crippen LogP contribution in [0.15, 0.2) is 42.5 Å². The topological polar surface area (TPSA) is 51.1 Å². The summed E-state index contributed by atoms with van der Waals surface area (Å²) in [6, 6.07) is 13.9. The van der Waals surface area contributed by atoms with Crippen LogP contribution in [0.25, 0.3) is 21.8 Å². The zero-order valence-electron chi connectivity index (χ0n) is 12.1. The van der Waals surface area contributed by atoms with Crippen molar-refractivity contribution in [1.82, 2.24) is 4.57 Å². The maximum absolute atomic E-state index is 11.7. The van der Waals surface area contributed by atoms with Crippen molar-refractivity contribution in [3.05, 3.63) is 42.5 Å². The molecule has 0 saturated heterocycles. The van der Waals surface area contributed by atoms with Crippen molar-refractivity contribution in [2.45, 2.75) is 20.4 Å². The van der Waals surface area contributed by atoms with Gasteiger partial charge in [0.25, 0.3) is 0 Å². The number of hydrogen-bond donors (Lipinski definition) is 1. The fourth-order valence-corrected chi connectivity index (χ4v) is 3.34. The Morgan fingerprint density at radius 1 is 1.00 bits per heavy atom. The minimum absolute atomic E-state index is 0.0712. The minimum Gasteiger partial charge on any atom is -0.341 e. The van der Waals surface area contributed by atoms with Crippen LogP contribution < -0.4 is 4.72 Å². The number of nitrogens with zero attached hydrogens (tertiary/aromatic N) is 1. The molecule has 0 aliphatic rings. The number of para-hydroxylation sites is 1. The first-order valence-electron chi connectivity index (χ1n) is 7.07. The van der Waals surface area contributed by atoms with E-state index in [0.717, 1.165) is 22.8 Å². The highest BCUT2D eigenvalue weighted by molar-refractivity contribution is 7.92. The molecule has 0 amide bonds. The Morgan fingerprint density at radius 3 is 2.43 bits per heavy atom. The molecular formula is C16H18N2O2S. The van der Waals surface area contributed by atoms with Crippen molar-refractivity contribution in [3.8, 4) is 0 Å². The summed E-state index contributed by atoms with van der Waals surface area (Å²) >= 11 is 0. The highest BCUT2D eigenvalue weighted by Crippen LogP contribution is 2.31. The average Bonchev–Trinajstić information content (AvgIpc) is 2.80. The normalized spacial score (nSPS) is 12.1. The number of aryl methyl sites for hydroxylation is 1. The lowest BCUT2D eigenvalue weighted by Crippen LogP contribution is -2.14. The second-order valence-corrected chi connectivity index (χ2v) is 7.01. The Kier molecular flexibility index (Phi) is 3.37. The van der Waals surface area contributed by atoms with E-state index in [9.17, 15) is 8.42 Å². The summed E-state index contributed by atoms with van der Waals surface area (Å²) in [5.41, 5.74) is 2.91. The van der Waals surface area contributed by atoms with Gasteiger partial charge in [0.15, 0.2) is 0 Å². The van der Waals surface area contributed by atoms with Gasteiger partial charge in [0.1, 0.15) is 0 Å². The zero-order valence-corrected chi connectivity index (χ0v) is 12.9.